The van der Waals surface area contributed by atoms with Crippen molar-refractivity contribution in [1.82, 2.24) is 9.21 Å². The topological polar surface area (TPSA) is 83.7 Å². The fourth-order valence-corrected chi connectivity index (χ4v) is 3.63. The Hall–Kier alpha value is -1.44. The predicted molar refractivity (Wildman–Crippen MR) is 75.6 cm³/mol. The van der Waals surface area contributed by atoms with Crippen LogP contribution < -0.4 is 5.73 Å². The third kappa shape index (κ3) is 3.36. The van der Waals surface area contributed by atoms with Crippen molar-refractivity contribution >= 4 is 15.9 Å². The highest BCUT2D eigenvalue weighted by molar-refractivity contribution is 7.89. The van der Waals surface area contributed by atoms with Crippen molar-refractivity contribution in [3.63, 3.8) is 0 Å². The number of piperazine rings is 1. The molecule has 0 bridgehead atoms. The van der Waals surface area contributed by atoms with E-state index >= 15 is 0 Å². The molecule has 20 heavy (non-hydrogen) atoms. The molecule has 0 radical (unpaired) electrons. The molecule has 1 aromatic rings. The Kier molecular flexibility index (Phi) is 4.42. The summed E-state index contributed by atoms with van der Waals surface area (Å²) in [6.45, 7) is 3.90. The summed E-state index contributed by atoms with van der Waals surface area (Å²) >= 11 is 0. The van der Waals surface area contributed by atoms with Crippen molar-refractivity contribution in [3.05, 3.63) is 29.8 Å². The molecule has 1 heterocycles. The van der Waals surface area contributed by atoms with E-state index in [0.29, 0.717) is 31.1 Å². The fraction of sp³-hybridized carbons (Fsp3) is 0.462. The number of nitrogens with two attached hydrogens (primary N) is 1. The minimum absolute atomic E-state index is 0.179. The van der Waals surface area contributed by atoms with E-state index in [-0.39, 0.29) is 12.5 Å². The maximum atomic E-state index is 12.4. The molecular weight excluding hydrogens is 278 g/mol. The third-order valence-electron chi connectivity index (χ3n) is 3.37. The highest BCUT2D eigenvalue weighted by Crippen LogP contribution is 2.17. The van der Waals surface area contributed by atoms with E-state index in [2.05, 4.69) is 0 Å². The van der Waals surface area contributed by atoms with E-state index in [1.54, 1.807) is 24.3 Å². The zero-order chi connectivity index (χ0) is 14.8. The third-order valence-corrected chi connectivity index (χ3v) is 5.28. The average Bonchev–Trinajstić information content (AvgIpc) is 2.39. The summed E-state index contributed by atoms with van der Waals surface area (Å²) in [5.41, 5.74) is 6.16. The number of benzene rings is 1. The van der Waals surface area contributed by atoms with Gasteiger partial charge in [0.25, 0.3) is 0 Å². The lowest BCUT2D eigenvalue weighted by Crippen LogP contribution is -2.50. The van der Waals surface area contributed by atoms with Gasteiger partial charge in [-0.2, -0.15) is 4.31 Å². The first-order valence-corrected chi connectivity index (χ1v) is 7.91. The summed E-state index contributed by atoms with van der Waals surface area (Å²) in [6.07, 6.45) is 0. The van der Waals surface area contributed by atoms with E-state index in [9.17, 15) is 13.2 Å². The molecule has 7 heteroatoms. The van der Waals surface area contributed by atoms with Crippen molar-refractivity contribution in [2.24, 2.45) is 5.73 Å². The minimum Gasteiger partial charge on any atom is -0.369 e. The van der Waals surface area contributed by atoms with Crippen molar-refractivity contribution in [1.29, 1.82) is 0 Å². The van der Waals surface area contributed by atoms with E-state index in [0.717, 1.165) is 5.56 Å². The van der Waals surface area contributed by atoms with E-state index < -0.39 is 10.0 Å². The highest BCUT2D eigenvalue weighted by atomic mass is 32.2. The number of amides is 1. The molecule has 0 spiro atoms. The fourth-order valence-electron chi connectivity index (χ4n) is 2.21. The number of hydrogen-bond donors (Lipinski definition) is 1. The molecule has 0 aliphatic carbocycles. The monoisotopic (exact) mass is 297 g/mol. The molecule has 1 aliphatic rings. The summed E-state index contributed by atoms with van der Waals surface area (Å²) < 4.78 is 26.3. The van der Waals surface area contributed by atoms with Crippen LogP contribution in [0.25, 0.3) is 0 Å². The molecule has 0 atom stereocenters. The standard InChI is InChI=1S/C13H19N3O3S/c1-11-2-4-12(5-3-11)20(18,19)16-8-6-15(7-9-16)10-13(14)17/h2-5H,6-10H2,1H3,(H2,14,17). The SMILES string of the molecule is Cc1ccc(S(=O)(=O)N2CCN(CC(N)=O)CC2)cc1. The van der Waals surface area contributed by atoms with Crippen LogP contribution in [0, 0.1) is 6.92 Å². The van der Waals surface area contributed by atoms with Gasteiger partial charge < -0.3 is 5.73 Å². The Bertz CT molecular complexity index is 575. The van der Waals surface area contributed by atoms with Gasteiger partial charge in [0.05, 0.1) is 11.4 Å². The van der Waals surface area contributed by atoms with Crippen molar-refractivity contribution in [3.8, 4) is 0 Å². The van der Waals surface area contributed by atoms with Crippen LogP contribution >= 0.6 is 0 Å². The van der Waals surface area contributed by atoms with Crippen molar-refractivity contribution in [2.45, 2.75) is 11.8 Å². The number of carbonyl (C=O) groups excluding carboxylic acids is 1. The molecule has 110 valence electrons. The van der Waals surface area contributed by atoms with Gasteiger partial charge in [-0.1, -0.05) is 17.7 Å². The second-order valence-electron chi connectivity index (χ2n) is 4.96. The lowest BCUT2D eigenvalue weighted by Gasteiger charge is -2.33. The number of rotatable bonds is 4. The Balaban J connectivity index is 2.05. The molecule has 1 aromatic carbocycles. The number of aryl methyl sites for hydroxylation is 1. The quantitative estimate of drug-likeness (QED) is 0.833. The average molecular weight is 297 g/mol. The van der Waals surface area contributed by atoms with Gasteiger partial charge in [-0.05, 0) is 19.1 Å². The first kappa shape index (κ1) is 15.0. The van der Waals surface area contributed by atoms with Crippen LogP contribution in [-0.4, -0.2) is 56.3 Å². The molecule has 2 rings (SSSR count). The molecule has 0 unspecified atom stereocenters. The Labute approximate surface area is 119 Å². The van der Waals surface area contributed by atoms with Gasteiger partial charge in [-0.3, -0.25) is 9.69 Å². The molecule has 1 amide bonds. The van der Waals surface area contributed by atoms with Gasteiger partial charge in [0.2, 0.25) is 15.9 Å². The van der Waals surface area contributed by atoms with Crippen LogP contribution in [0.1, 0.15) is 5.56 Å². The van der Waals surface area contributed by atoms with Crippen molar-refractivity contribution < 1.29 is 13.2 Å². The number of nitrogens with zero attached hydrogens (tertiary/aromatic N) is 2. The summed E-state index contributed by atoms with van der Waals surface area (Å²) in [5, 5.41) is 0. The summed E-state index contributed by atoms with van der Waals surface area (Å²) in [6, 6.07) is 6.83. The zero-order valence-corrected chi connectivity index (χ0v) is 12.3. The first-order chi connectivity index (χ1) is 9.39. The van der Waals surface area contributed by atoms with Crippen molar-refractivity contribution in [2.75, 3.05) is 32.7 Å². The number of primary amides is 1. The predicted octanol–water partition coefficient (Wildman–Crippen LogP) is -0.213. The second-order valence-corrected chi connectivity index (χ2v) is 6.90. The number of sulfonamides is 1. The largest absolute Gasteiger partial charge is 0.369 e. The summed E-state index contributed by atoms with van der Waals surface area (Å²) in [7, 11) is -3.44. The van der Waals surface area contributed by atoms with Crippen LogP contribution in [0.5, 0.6) is 0 Å². The highest BCUT2D eigenvalue weighted by Gasteiger charge is 2.28. The molecular formula is C13H19N3O3S. The lowest BCUT2D eigenvalue weighted by atomic mass is 10.2. The number of hydrogen-bond acceptors (Lipinski definition) is 4. The molecule has 1 fully saturated rings. The van der Waals surface area contributed by atoms with Gasteiger partial charge in [-0.15, -0.1) is 0 Å². The summed E-state index contributed by atoms with van der Waals surface area (Å²) in [4.78, 5) is 13.0. The van der Waals surface area contributed by atoms with E-state index in [4.69, 9.17) is 5.73 Å². The molecule has 1 saturated heterocycles. The maximum Gasteiger partial charge on any atom is 0.243 e. The lowest BCUT2D eigenvalue weighted by molar-refractivity contribution is -0.119. The molecule has 1 aliphatic heterocycles. The Morgan fingerprint density at radius 1 is 1.15 bits per heavy atom. The van der Waals surface area contributed by atoms with E-state index in [1.165, 1.54) is 4.31 Å². The van der Waals surface area contributed by atoms with Gasteiger partial charge in [-0.25, -0.2) is 8.42 Å². The van der Waals surface area contributed by atoms with Crippen LogP contribution in [0.4, 0.5) is 0 Å². The Morgan fingerprint density at radius 3 is 2.20 bits per heavy atom. The zero-order valence-electron chi connectivity index (χ0n) is 11.4. The number of carbonyl (C=O) groups is 1. The summed E-state index contributed by atoms with van der Waals surface area (Å²) in [5.74, 6) is -0.389. The van der Waals surface area contributed by atoms with Gasteiger partial charge in [0.15, 0.2) is 0 Å². The van der Waals surface area contributed by atoms with Crippen LogP contribution in [-0.2, 0) is 14.8 Å². The van der Waals surface area contributed by atoms with Gasteiger partial charge in [0, 0.05) is 26.2 Å². The van der Waals surface area contributed by atoms with Gasteiger partial charge >= 0.3 is 0 Å². The smallest absolute Gasteiger partial charge is 0.243 e. The van der Waals surface area contributed by atoms with Crippen LogP contribution in [0.2, 0.25) is 0 Å². The normalized spacial score (nSPS) is 18.1. The Morgan fingerprint density at radius 2 is 1.70 bits per heavy atom. The molecule has 0 aromatic heterocycles. The minimum atomic E-state index is -3.44. The van der Waals surface area contributed by atoms with Crippen LogP contribution in [0.3, 0.4) is 0 Å². The second kappa shape index (κ2) is 5.90. The molecule has 0 saturated carbocycles. The molecule has 2 N–H and O–H groups in total. The maximum absolute atomic E-state index is 12.4. The first-order valence-electron chi connectivity index (χ1n) is 6.47. The van der Waals surface area contributed by atoms with Gasteiger partial charge in [0.1, 0.15) is 0 Å². The van der Waals surface area contributed by atoms with E-state index in [1.807, 2.05) is 11.8 Å². The van der Waals surface area contributed by atoms with Crippen LogP contribution in [0.15, 0.2) is 29.2 Å². The molecule has 6 nitrogen and oxygen atoms in total.